The Bertz CT molecular complexity index is 733. The van der Waals surface area contributed by atoms with E-state index in [2.05, 4.69) is 5.32 Å². The molecule has 1 N–H and O–H groups in total. The number of benzene rings is 2. The Morgan fingerprint density at radius 2 is 1.82 bits per heavy atom. The van der Waals surface area contributed by atoms with E-state index in [1.54, 1.807) is 24.3 Å². The van der Waals surface area contributed by atoms with Crippen molar-refractivity contribution in [3.63, 3.8) is 0 Å². The molecule has 0 unspecified atom stereocenters. The minimum atomic E-state index is -0.181. The highest BCUT2D eigenvalue weighted by atomic mass is 16.6. The zero-order valence-corrected chi connectivity index (χ0v) is 11.8. The van der Waals surface area contributed by atoms with Gasteiger partial charge in [-0.25, -0.2) is 0 Å². The molecule has 1 amide bonds. The number of amides is 1. The largest absolute Gasteiger partial charge is 0.486 e. The van der Waals surface area contributed by atoms with Crippen molar-refractivity contribution in [2.24, 2.45) is 0 Å². The molecule has 0 saturated heterocycles. The first-order chi connectivity index (χ1) is 10.8. The van der Waals surface area contributed by atoms with Gasteiger partial charge in [0.25, 0.3) is 5.91 Å². The Morgan fingerprint density at radius 3 is 2.55 bits per heavy atom. The Labute approximate surface area is 128 Å². The van der Waals surface area contributed by atoms with Crippen LogP contribution in [-0.2, 0) is 6.54 Å². The molecule has 0 bridgehead atoms. The van der Waals surface area contributed by atoms with E-state index < -0.39 is 0 Å². The summed E-state index contributed by atoms with van der Waals surface area (Å²) in [5.74, 6) is 1.25. The normalized spacial score (nSPS) is 12.3. The lowest BCUT2D eigenvalue weighted by Gasteiger charge is -2.19. The summed E-state index contributed by atoms with van der Waals surface area (Å²) < 4.78 is 11.0. The fraction of sp³-hybridized carbons (Fsp3) is 0.176. The van der Waals surface area contributed by atoms with Crippen molar-refractivity contribution in [3.05, 3.63) is 59.2 Å². The molecule has 22 heavy (non-hydrogen) atoms. The summed E-state index contributed by atoms with van der Waals surface area (Å²) in [5.41, 5.74) is 1.99. The lowest BCUT2D eigenvalue weighted by molar-refractivity contribution is 0.0951. The fourth-order valence-electron chi connectivity index (χ4n) is 2.18. The van der Waals surface area contributed by atoms with E-state index in [-0.39, 0.29) is 5.91 Å². The molecule has 1 aliphatic rings. The third-order valence-corrected chi connectivity index (χ3v) is 3.34. The van der Waals surface area contributed by atoms with Crippen LogP contribution in [0.1, 0.15) is 21.5 Å². The van der Waals surface area contributed by atoms with Gasteiger partial charge in [-0.3, -0.25) is 4.79 Å². The van der Waals surface area contributed by atoms with Crippen molar-refractivity contribution >= 4 is 5.91 Å². The molecular weight excluding hydrogens is 280 g/mol. The van der Waals surface area contributed by atoms with Crippen LogP contribution in [0.25, 0.3) is 0 Å². The second kappa shape index (κ2) is 6.19. The number of hydrogen-bond acceptors (Lipinski definition) is 4. The van der Waals surface area contributed by atoms with Crippen molar-refractivity contribution in [3.8, 4) is 17.6 Å². The minimum absolute atomic E-state index is 0.181. The van der Waals surface area contributed by atoms with E-state index in [0.717, 1.165) is 11.3 Å². The molecule has 2 aromatic rings. The van der Waals surface area contributed by atoms with Gasteiger partial charge in [-0.15, -0.1) is 0 Å². The van der Waals surface area contributed by atoms with Gasteiger partial charge in [0.15, 0.2) is 11.5 Å². The van der Waals surface area contributed by atoms with Crippen LogP contribution in [0.3, 0.4) is 0 Å². The molecule has 0 fully saturated rings. The monoisotopic (exact) mass is 294 g/mol. The molecule has 0 radical (unpaired) electrons. The van der Waals surface area contributed by atoms with E-state index in [1.807, 2.05) is 24.3 Å². The molecule has 0 atom stereocenters. The lowest BCUT2D eigenvalue weighted by Crippen LogP contribution is -2.23. The van der Waals surface area contributed by atoms with Crippen molar-refractivity contribution in [1.29, 1.82) is 5.26 Å². The highest BCUT2D eigenvalue weighted by molar-refractivity contribution is 5.94. The Hall–Kier alpha value is -3.00. The molecule has 2 aromatic carbocycles. The van der Waals surface area contributed by atoms with E-state index in [9.17, 15) is 4.79 Å². The van der Waals surface area contributed by atoms with Crippen LogP contribution in [0.2, 0.25) is 0 Å². The minimum Gasteiger partial charge on any atom is -0.486 e. The predicted molar refractivity (Wildman–Crippen MR) is 79.8 cm³/mol. The van der Waals surface area contributed by atoms with Gasteiger partial charge in [0.1, 0.15) is 13.2 Å². The molecule has 0 aliphatic carbocycles. The number of carbonyl (C=O) groups excluding carboxylic acids is 1. The molecule has 1 aliphatic heterocycles. The van der Waals surface area contributed by atoms with Gasteiger partial charge in [0.2, 0.25) is 0 Å². The summed E-state index contributed by atoms with van der Waals surface area (Å²) in [6.07, 6.45) is 0. The first kappa shape index (κ1) is 14.0. The van der Waals surface area contributed by atoms with Gasteiger partial charge in [0, 0.05) is 12.1 Å². The van der Waals surface area contributed by atoms with Crippen LogP contribution in [0, 0.1) is 11.3 Å². The van der Waals surface area contributed by atoms with E-state index in [0.29, 0.717) is 36.6 Å². The van der Waals surface area contributed by atoms with Crippen LogP contribution in [0.4, 0.5) is 0 Å². The van der Waals surface area contributed by atoms with E-state index in [1.165, 1.54) is 0 Å². The number of rotatable bonds is 3. The van der Waals surface area contributed by atoms with Gasteiger partial charge in [-0.2, -0.15) is 5.26 Å². The number of nitrogens with one attached hydrogen (secondary N) is 1. The molecule has 5 heteroatoms. The Morgan fingerprint density at radius 1 is 1.09 bits per heavy atom. The maximum absolute atomic E-state index is 12.1. The highest BCUT2D eigenvalue weighted by Gasteiger charge is 2.12. The molecule has 0 aromatic heterocycles. The Kier molecular flexibility index (Phi) is 3.92. The van der Waals surface area contributed by atoms with Crippen LogP contribution in [-0.4, -0.2) is 19.1 Å². The van der Waals surface area contributed by atoms with Crippen molar-refractivity contribution in [1.82, 2.24) is 5.32 Å². The number of hydrogen-bond donors (Lipinski definition) is 1. The molecule has 0 spiro atoms. The summed E-state index contributed by atoms with van der Waals surface area (Å²) in [5, 5.41) is 11.6. The maximum atomic E-state index is 12.1. The average molecular weight is 294 g/mol. The maximum Gasteiger partial charge on any atom is 0.251 e. The standard InChI is InChI=1S/C17H14N2O3/c18-10-12-1-4-14(5-2-12)17(20)19-11-13-3-6-15-16(9-13)22-8-7-21-15/h1-6,9H,7-8,11H2,(H,19,20). The average Bonchev–Trinajstić information content (AvgIpc) is 2.59. The number of nitriles is 1. The molecule has 5 nitrogen and oxygen atoms in total. The topological polar surface area (TPSA) is 71.4 Å². The summed E-state index contributed by atoms with van der Waals surface area (Å²) in [4.78, 5) is 12.1. The van der Waals surface area contributed by atoms with E-state index >= 15 is 0 Å². The zero-order chi connectivity index (χ0) is 15.4. The van der Waals surface area contributed by atoms with E-state index in [4.69, 9.17) is 14.7 Å². The first-order valence-corrected chi connectivity index (χ1v) is 6.93. The van der Waals surface area contributed by atoms with Crippen LogP contribution in [0.5, 0.6) is 11.5 Å². The third-order valence-electron chi connectivity index (χ3n) is 3.34. The smallest absolute Gasteiger partial charge is 0.251 e. The fourth-order valence-corrected chi connectivity index (χ4v) is 2.18. The zero-order valence-electron chi connectivity index (χ0n) is 11.8. The number of nitrogens with zero attached hydrogens (tertiary/aromatic N) is 1. The van der Waals surface area contributed by atoms with Crippen LogP contribution in [0.15, 0.2) is 42.5 Å². The Balaban J connectivity index is 1.64. The van der Waals surface area contributed by atoms with Crippen LogP contribution < -0.4 is 14.8 Å². The quantitative estimate of drug-likeness (QED) is 0.942. The van der Waals surface area contributed by atoms with Gasteiger partial charge in [-0.05, 0) is 42.0 Å². The van der Waals surface area contributed by atoms with Gasteiger partial charge in [0.05, 0.1) is 11.6 Å². The predicted octanol–water partition coefficient (Wildman–Crippen LogP) is 2.26. The molecule has 3 rings (SSSR count). The van der Waals surface area contributed by atoms with Gasteiger partial charge in [-0.1, -0.05) is 6.07 Å². The molecular formula is C17H14N2O3. The summed E-state index contributed by atoms with van der Waals surface area (Å²) in [7, 11) is 0. The second-order valence-corrected chi connectivity index (χ2v) is 4.85. The number of carbonyl (C=O) groups is 1. The molecule has 0 saturated carbocycles. The second-order valence-electron chi connectivity index (χ2n) is 4.85. The molecule has 1 heterocycles. The highest BCUT2D eigenvalue weighted by Crippen LogP contribution is 2.30. The lowest BCUT2D eigenvalue weighted by atomic mass is 10.1. The first-order valence-electron chi connectivity index (χ1n) is 6.93. The summed E-state index contributed by atoms with van der Waals surface area (Å²) in [6, 6.07) is 14.2. The third kappa shape index (κ3) is 3.01. The molecule has 110 valence electrons. The van der Waals surface area contributed by atoms with Gasteiger partial charge >= 0.3 is 0 Å². The summed E-state index contributed by atoms with van der Waals surface area (Å²) >= 11 is 0. The number of fused-ring (bicyclic) bond motifs is 1. The van der Waals surface area contributed by atoms with Crippen molar-refractivity contribution in [2.75, 3.05) is 13.2 Å². The van der Waals surface area contributed by atoms with Crippen molar-refractivity contribution < 1.29 is 14.3 Å². The van der Waals surface area contributed by atoms with Gasteiger partial charge < -0.3 is 14.8 Å². The number of ether oxygens (including phenoxy) is 2. The SMILES string of the molecule is N#Cc1ccc(C(=O)NCc2ccc3c(c2)OCCO3)cc1. The van der Waals surface area contributed by atoms with Crippen LogP contribution >= 0.6 is 0 Å². The van der Waals surface area contributed by atoms with Crippen molar-refractivity contribution in [2.45, 2.75) is 6.54 Å². The summed E-state index contributed by atoms with van der Waals surface area (Å²) in [6.45, 7) is 1.49.